The van der Waals surface area contributed by atoms with Crippen LogP contribution in [0.3, 0.4) is 0 Å². The van der Waals surface area contributed by atoms with E-state index in [0.717, 1.165) is 22.2 Å². The molecule has 174 valence electrons. The molecule has 9 heteroatoms. The highest BCUT2D eigenvalue weighted by molar-refractivity contribution is 7.92. The number of nitrogens with zero attached hydrogens (tertiary/aromatic N) is 3. The molecular weight excluding hydrogens is 490 g/mol. The summed E-state index contributed by atoms with van der Waals surface area (Å²) in [5, 5.41) is 0.620. The first-order chi connectivity index (χ1) is 16.4. The molecular formula is C25H22ClN3O3S2. The monoisotopic (exact) mass is 511 g/mol. The van der Waals surface area contributed by atoms with Gasteiger partial charge in [-0.2, -0.15) is 4.99 Å². The molecule has 0 saturated carbocycles. The average molecular weight is 512 g/mol. The Labute approximate surface area is 206 Å². The number of carbonyl (C=O) groups is 1. The summed E-state index contributed by atoms with van der Waals surface area (Å²) in [6.07, 6.45) is 1.55. The molecule has 1 amide bonds. The number of rotatable bonds is 5. The Kier molecular flexibility index (Phi) is 6.06. The quantitative estimate of drug-likeness (QED) is 0.367. The smallest absolute Gasteiger partial charge is 0.279 e. The molecule has 0 bridgehead atoms. The lowest BCUT2D eigenvalue weighted by Crippen LogP contribution is -2.29. The van der Waals surface area contributed by atoms with E-state index in [1.54, 1.807) is 0 Å². The number of thiazole rings is 1. The summed E-state index contributed by atoms with van der Waals surface area (Å²) in [6.45, 7) is 3.14. The van der Waals surface area contributed by atoms with Gasteiger partial charge < -0.3 is 4.57 Å². The van der Waals surface area contributed by atoms with Gasteiger partial charge in [-0.15, -0.1) is 0 Å². The first kappa shape index (κ1) is 22.8. The Morgan fingerprint density at radius 1 is 1.06 bits per heavy atom. The maximum atomic E-state index is 13.2. The molecule has 0 spiro atoms. The van der Waals surface area contributed by atoms with E-state index in [9.17, 15) is 13.2 Å². The number of amides is 1. The summed E-state index contributed by atoms with van der Waals surface area (Å²) < 4.78 is 30.8. The van der Waals surface area contributed by atoms with Crippen LogP contribution in [0.25, 0.3) is 10.2 Å². The maximum absolute atomic E-state index is 13.2. The first-order valence-electron chi connectivity index (χ1n) is 11.0. The van der Waals surface area contributed by atoms with E-state index in [-0.39, 0.29) is 4.90 Å². The fourth-order valence-electron chi connectivity index (χ4n) is 4.21. The molecule has 0 atom stereocenters. The number of fused-ring (bicyclic) bond motifs is 2. The van der Waals surface area contributed by atoms with Gasteiger partial charge in [0.05, 0.1) is 25.8 Å². The summed E-state index contributed by atoms with van der Waals surface area (Å²) in [5.41, 5.74) is 2.92. The molecule has 0 aliphatic carbocycles. The van der Waals surface area contributed by atoms with Gasteiger partial charge in [-0.25, -0.2) is 8.42 Å². The molecule has 1 aromatic heterocycles. The molecule has 0 radical (unpaired) electrons. The second-order valence-corrected chi connectivity index (χ2v) is 11.3. The van der Waals surface area contributed by atoms with Gasteiger partial charge in [0.25, 0.3) is 15.9 Å². The minimum Gasteiger partial charge on any atom is -0.315 e. The van der Waals surface area contributed by atoms with E-state index in [0.29, 0.717) is 40.6 Å². The highest BCUT2D eigenvalue weighted by Gasteiger charge is 2.30. The van der Waals surface area contributed by atoms with Crippen LogP contribution in [0.5, 0.6) is 0 Å². The lowest BCUT2D eigenvalue weighted by Gasteiger charge is -2.19. The van der Waals surface area contributed by atoms with Crippen molar-refractivity contribution in [1.82, 2.24) is 4.57 Å². The van der Waals surface area contributed by atoms with E-state index in [4.69, 9.17) is 11.6 Å². The highest BCUT2D eigenvalue weighted by Crippen LogP contribution is 2.32. The van der Waals surface area contributed by atoms with Crippen LogP contribution in [0.15, 0.2) is 76.6 Å². The molecule has 1 aliphatic rings. The van der Waals surface area contributed by atoms with Crippen LogP contribution < -0.4 is 9.11 Å². The van der Waals surface area contributed by atoms with Crippen molar-refractivity contribution in [2.75, 3.05) is 10.8 Å². The summed E-state index contributed by atoms with van der Waals surface area (Å²) in [6, 6.07) is 19.2. The van der Waals surface area contributed by atoms with Gasteiger partial charge in [0.1, 0.15) is 0 Å². The van der Waals surface area contributed by atoms with Gasteiger partial charge >= 0.3 is 0 Å². The minimum absolute atomic E-state index is 0.149. The van der Waals surface area contributed by atoms with Crippen LogP contribution in [-0.4, -0.2) is 25.4 Å². The number of carbonyl (C=O) groups excluding carboxylic acids is 1. The highest BCUT2D eigenvalue weighted by atomic mass is 35.5. The summed E-state index contributed by atoms with van der Waals surface area (Å²) >= 11 is 7.82. The van der Waals surface area contributed by atoms with Gasteiger partial charge in [-0.1, -0.05) is 54.1 Å². The van der Waals surface area contributed by atoms with Crippen LogP contribution in [0.4, 0.5) is 5.69 Å². The van der Waals surface area contributed by atoms with Crippen molar-refractivity contribution in [3.63, 3.8) is 0 Å². The third kappa shape index (κ3) is 3.96. The molecule has 6 nitrogen and oxygen atoms in total. The largest absolute Gasteiger partial charge is 0.315 e. The van der Waals surface area contributed by atoms with E-state index < -0.39 is 15.9 Å². The molecule has 5 rings (SSSR count). The van der Waals surface area contributed by atoms with Crippen molar-refractivity contribution in [1.29, 1.82) is 0 Å². The number of halogens is 1. The molecule has 2 heterocycles. The predicted octanol–water partition coefficient (Wildman–Crippen LogP) is 5.26. The van der Waals surface area contributed by atoms with E-state index in [1.807, 2.05) is 47.0 Å². The van der Waals surface area contributed by atoms with E-state index in [1.165, 1.54) is 39.9 Å². The standard InChI is InChI=1S/C25H22ClN3O3S2/c1-2-15-28-23-20(26)7-5-9-22(23)33-25(28)27-24(30)18-10-12-19(13-11-18)34(31,32)29-16-14-17-6-3-4-8-21(17)29/h3-13H,2,14-16H2,1H3. The van der Waals surface area contributed by atoms with Crippen molar-refractivity contribution >= 4 is 54.8 Å². The number of benzene rings is 3. The van der Waals surface area contributed by atoms with Crippen molar-refractivity contribution in [2.45, 2.75) is 31.2 Å². The number of hydrogen-bond acceptors (Lipinski definition) is 4. The topological polar surface area (TPSA) is 71.7 Å². The van der Waals surface area contributed by atoms with Crippen LogP contribution in [0.2, 0.25) is 5.02 Å². The number of aryl methyl sites for hydroxylation is 1. The summed E-state index contributed by atoms with van der Waals surface area (Å²) in [7, 11) is -3.71. The zero-order valence-corrected chi connectivity index (χ0v) is 20.8. The average Bonchev–Trinajstić information content (AvgIpc) is 3.42. The van der Waals surface area contributed by atoms with Gasteiger partial charge in [0, 0.05) is 18.7 Å². The second-order valence-electron chi connectivity index (χ2n) is 8.02. The molecule has 3 aromatic carbocycles. The molecule has 0 N–H and O–H groups in total. The summed E-state index contributed by atoms with van der Waals surface area (Å²) in [4.78, 5) is 18.0. The lowest BCUT2D eigenvalue weighted by molar-refractivity contribution is 0.0997. The number of aromatic nitrogens is 1. The zero-order valence-electron chi connectivity index (χ0n) is 18.4. The lowest BCUT2D eigenvalue weighted by atomic mass is 10.2. The Balaban J connectivity index is 1.47. The Bertz CT molecular complexity index is 1570. The Morgan fingerprint density at radius 2 is 1.82 bits per heavy atom. The van der Waals surface area contributed by atoms with Crippen LogP contribution >= 0.6 is 22.9 Å². The molecule has 34 heavy (non-hydrogen) atoms. The number of sulfonamides is 1. The SMILES string of the molecule is CCCn1c(=NC(=O)c2ccc(S(=O)(=O)N3CCc4ccccc43)cc2)sc2cccc(Cl)c21. The van der Waals surface area contributed by atoms with Crippen molar-refractivity contribution in [3.05, 3.63) is 87.7 Å². The normalized spacial score (nSPS) is 14.1. The first-order valence-corrected chi connectivity index (χ1v) is 13.6. The molecule has 0 unspecified atom stereocenters. The van der Waals surface area contributed by atoms with Crippen LogP contribution in [0, 0.1) is 0 Å². The zero-order chi connectivity index (χ0) is 23.9. The molecule has 1 aliphatic heterocycles. The van der Waals surface area contributed by atoms with Crippen molar-refractivity contribution in [3.8, 4) is 0 Å². The number of hydrogen-bond donors (Lipinski definition) is 0. The van der Waals surface area contributed by atoms with E-state index >= 15 is 0 Å². The van der Waals surface area contributed by atoms with Crippen LogP contribution in [0.1, 0.15) is 29.3 Å². The van der Waals surface area contributed by atoms with Gasteiger partial charge in [-0.05, 0) is 60.9 Å². The third-order valence-corrected chi connectivity index (χ3v) is 9.01. The second kappa shape index (κ2) is 9.02. The predicted molar refractivity (Wildman–Crippen MR) is 136 cm³/mol. The van der Waals surface area contributed by atoms with Crippen molar-refractivity contribution in [2.24, 2.45) is 4.99 Å². The fourth-order valence-corrected chi connectivity index (χ4v) is 7.13. The maximum Gasteiger partial charge on any atom is 0.279 e. The molecule has 4 aromatic rings. The van der Waals surface area contributed by atoms with Crippen molar-refractivity contribution < 1.29 is 13.2 Å². The number of para-hydroxylation sites is 2. The van der Waals surface area contributed by atoms with Gasteiger partial charge in [0.2, 0.25) is 0 Å². The number of anilines is 1. The summed E-state index contributed by atoms with van der Waals surface area (Å²) in [5.74, 6) is -0.428. The van der Waals surface area contributed by atoms with Gasteiger partial charge in [0.15, 0.2) is 4.80 Å². The fraction of sp³-hybridized carbons (Fsp3) is 0.200. The Hall–Kier alpha value is -2.94. The van der Waals surface area contributed by atoms with Crippen LogP contribution in [-0.2, 0) is 23.0 Å². The van der Waals surface area contributed by atoms with E-state index in [2.05, 4.69) is 11.9 Å². The molecule has 0 fully saturated rings. The minimum atomic E-state index is -3.71. The van der Waals surface area contributed by atoms with Gasteiger partial charge in [-0.3, -0.25) is 9.10 Å². The molecule has 0 saturated heterocycles. The Morgan fingerprint density at radius 3 is 2.59 bits per heavy atom. The third-order valence-electron chi connectivity index (χ3n) is 5.83.